The number of hydrogen-bond donors (Lipinski definition) is 0. The Labute approximate surface area is 219 Å². The number of rotatable bonds is 6. The van der Waals surface area contributed by atoms with Crippen molar-refractivity contribution in [2.75, 3.05) is 6.26 Å². The summed E-state index contributed by atoms with van der Waals surface area (Å²) in [5.41, 5.74) is -3.75. The van der Waals surface area contributed by atoms with Crippen molar-refractivity contribution < 1.29 is 39.9 Å². The molecule has 4 rings (SSSR count). The third-order valence-electron chi connectivity index (χ3n) is 5.20. The molecule has 0 atom stereocenters. The SMILES string of the molecule is C#Cc1cccc(Oc2c(F)c(F)c(-c3c(F)c(F)c(Sc4ccc(SC)cc4)c(F)c3F)c(F)c2F)c1. The van der Waals surface area contributed by atoms with Crippen molar-refractivity contribution in [1.82, 2.24) is 0 Å². The van der Waals surface area contributed by atoms with Crippen LogP contribution in [0.15, 0.2) is 63.2 Å². The molecule has 0 bridgehead atoms. The molecule has 194 valence electrons. The van der Waals surface area contributed by atoms with Gasteiger partial charge in [-0.2, -0.15) is 8.78 Å². The second-order valence-electron chi connectivity index (χ2n) is 7.47. The molecule has 11 heteroatoms. The number of thioether (sulfide) groups is 1. The smallest absolute Gasteiger partial charge is 0.205 e. The van der Waals surface area contributed by atoms with E-state index in [4.69, 9.17) is 11.2 Å². The summed E-state index contributed by atoms with van der Waals surface area (Å²) < 4.78 is 124. The summed E-state index contributed by atoms with van der Waals surface area (Å²) in [6.07, 6.45) is 7.00. The summed E-state index contributed by atoms with van der Waals surface area (Å²) >= 11 is 1.68. The lowest BCUT2D eigenvalue weighted by Gasteiger charge is -2.16. The third kappa shape index (κ3) is 4.93. The molecular weight excluding hydrogens is 556 g/mol. The summed E-state index contributed by atoms with van der Waals surface area (Å²) in [7, 11) is 0. The summed E-state index contributed by atoms with van der Waals surface area (Å²) in [5.74, 6) is -17.3. The molecule has 38 heavy (non-hydrogen) atoms. The van der Waals surface area contributed by atoms with Crippen LogP contribution in [-0.2, 0) is 0 Å². The Morgan fingerprint density at radius 1 is 0.658 bits per heavy atom. The van der Waals surface area contributed by atoms with Crippen LogP contribution in [0, 0.1) is 58.9 Å². The predicted octanol–water partition coefficient (Wildman–Crippen LogP) is 9.11. The van der Waals surface area contributed by atoms with Gasteiger partial charge in [0.05, 0.1) is 16.0 Å². The third-order valence-corrected chi connectivity index (χ3v) is 7.01. The summed E-state index contributed by atoms with van der Waals surface area (Å²) in [6.45, 7) is 0. The van der Waals surface area contributed by atoms with Crippen molar-refractivity contribution >= 4 is 23.5 Å². The maximum Gasteiger partial charge on any atom is 0.205 e. The molecule has 4 aromatic carbocycles. The summed E-state index contributed by atoms with van der Waals surface area (Å²) in [5, 5.41) is 0. The zero-order chi connectivity index (χ0) is 27.7. The molecule has 0 aliphatic heterocycles. The first kappa shape index (κ1) is 27.4. The van der Waals surface area contributed by atoms with Gasteiger partial charge in [-0.25, -0.2) is 26.3 Å². The Bertz CT molecular complexity index is 1540. The van der Waals surface area contributed by atoms with Gasteiger partial charge in [0.25, 0.3) is 0 Å². The second-order valence-corrected chi connectivity index (χ2v) is 9.44. The molecule has 0 aliphatic carbocycles. The fourth-order valence-corrected chi connectivity index (χ4v) is 4.64. The average molecular weight is 569 g/mol. The largest absolute Gasteiger partial charge is 0.451 e. The van der Waals surface area contributed by atoms with Crippen LogP contribution in [0.5, 0.6) is 11.5 Å². The van der Waals surface area contributed by atoms with Crippen LogP contribution in [-0.4, -0.2) is 6.26 Å². The molecule has 0 saturated heterocycles. The first-order valence-corrected chi connectivity index (χ1v) is 12.4. The number of halogens is 8. The summed E-state index contributed by atoms with van der Waals surface area (Å²) in [4.78, 5) is -0.165. The quantitative estimate of drug-likeness (QED) is 0.0994. The van der Waals surface area contributed by atoms with Crippen molar-refractivity contribution in [3.8, 4) is 35.0 Å². The molecule has 0 saturated carbocycles. The minimum absolute atomic E-state index is 0.192. The first-order valence-electron chi connectivity index (χ1n) is 10.4. The van der Waals surface area contributed by atoms with Gasteiger partial charge >= 0.3 is 0 Å². The Morgan fingerprint density at radius 2 is 1.16 bits per heavy atom. The number of terminal acetylenes is 1. The standard InChI is InChI=1S/C27H12F8OS2/c1-3-12-5-4-6-13(11-12)36-26-22(32)18(28)16(19(29)23(26)33)17-20(30)24(34)27(25(35)21(17)31)38-15-9-7-14(37-2)8-10-15/h1,4-11H,2H3. The van der Waals surface area contributed by atoms with Crippen molar-refractivity contribution in [2.24, 2.45) is 0 Å². The Kier molecular flexibility index (Phi) is 7.94. The van der Waals surface area contributed by atoms with E-state index in [-0.39, 0.29) is 16.2 Å². The van der Waals surface area contributed by atoms with Gasteiger partial charge in [-0.1, -0.05) is 23.7 Å². The van der Waals surface area contributed by atoms with Crippen molar-refractivity contribution in [3.05, 3.63) is 101 Å². The molecule has 0 radical (unpaired) electrons. The molecule has 0 unspecified atom stereocenters. The molecule has 1 nitrogen and oxygen atoms in total. The Hall–Kier alpha value is -3.62. The molecule has 0 N–H and O–H groups in total. The van der Waals surface area contributed by atoms with Crippen molar-refractivity contribution in [1.29, 1.82) is 0 Å². The van der Waals surface area contributed by atoms with E-state index in [1.165, 1.54) is 42.1 Å². The average Bonchev–Trinajstić information content (AvgIpc) is 2.93. The van der Waals surface area contributed by atoms with Gasteiger partial charge in [-0.05, 0) is 48.7 Å². The van der Waals surface area contributed by atoms with Crippen LogP contribution < -0.4 is 4.74 Å². The van der Waals surface area contributed by atoms with Gasteiger partial charge in [0.2, 0.25) is 17.4 Å². The van der Waals surface area contributed by atoms with Gasteiger partial charge in [0.15, 0.2) is 34.9 Å². The number of hydrogen-bond acceptors (Lipinski definition) is 3. The monoisotopic (exact) mass is 568 g/mol. The molecule has 0 aromatic heterocycles. The highest BCUT2D eigenvalue weighted by Crippen LogP contribution is 2.43. The van der Waals surface area contributed by atoms with E-state index in [0.29, 0.717) is 11.8 Å². The fourth-order valence-electron chi connectivity index (χ4n) is 3.37. The van der Waals surface area contributed by atoms with E-state index in [9.17, 15) is 35.1 Å². The van der Waals surface area contributed by atoms with Crippen LogP contribution in [0.25, 0.3) is 11.1 Å². The normalized spacial score (nSPS) is 10.9. The lowest BCUT2D eigenvalue weighted by Crippen LogP contribution is -2.09. The zero-order valence-electron chi connectivity index (χ0n) is 18.9. The number of benzene rings is 4. The van der Waals surface area contributed by atoms with E-state index >= 15 is 0 Å². The van der Waals surface area contributed by atoms with E-state index in [1.807, 2.05) is 0 Å². The topological polar surface area (TPSA) is 9.23 Å². The molecule has 0 heterocycles. The van der Waals surface area contributed by atoms with Crippen LogP contribution in [0.1, 0.15) is 5.56 Å². The zero-order valence-corrected chi connectivity index (χ0v) is 20.6. The van der Waals surface area contributed by atoms with Crippen LogP contribution >= 0.6 is 23.5 Å². The summed E-state index contributed by atoms with van der Waals surface area (Å²) in [6, 6.07) is 11.1. The molecule has 0 fully saturated rings. The maximum atomic E-state index is 14.9. The highest BCUT2D eigenvalue weighted by atomic mass is 32.2. The molecule has 4 aromatic rings. The van der Waals surface area contributed by atoms with Crippen LogP contribution in [0.4, 0.5) is 35.1 Å². The molecular formula is C27H12F8OS2. The van der Waals surface area contributed by atoms with E-state index in [0.717, 1.165) is 11.0 Å². The van der Waals surface area contributed by atoms with Crippen molar-refractivity contribution in [3.63, 3.8) is 0 Å². The van der Waals surface area contributed by atoms with E-state index in [1.54, 1.807) is 18.4 Å². The minimum atomic E-state index is -2.34. The Morgan fingerprint density at radius 3 is 1.66 bits per heavy atom. The molecule has 0 amide bonds. The lowest BCUT2D eigenvalue weighted by atomic mass is 10.0. The first-order chi connectivity index (χ1) is 18.1. The highest BCUT2D eigenvalue weighted by molar-refractivity contribution is 7.99. The molecule has 0 aliphatic rings. The fraction of sp³-hybridized carbons (Fsp3) is 0.0370. The van der Waals surface area contributed by atoms with E-state index in [2.05, 4.69) is 5.92 Å². The highest BCUT2D eigenvalue weighted by Gasteiger charge is 2.35. The van der Waals surface area contributed by atoms with Gasteiger partial charge in [-0.15, -0.1) is 18.2 Å². The minimum Gasteiger partial charge on any atom is -0.451 e. The van der Waals surface area contributed by atoms with Crippen molar-refractivity contribution in [2.45, 2.75) is 14.7 Å². The van der Waals surface area contributed by atoms with Crippen LogP contribution in [0.3, 0.4) is 0 Å². The lowest BCUT2D eigenvalue weighted by molar-refractivity contribution is 0.366. The van der Waals surface area contributed by atoms with Gasteiger partial charge in [-0.3, -0.25) is 0 Å². The van der Waals surface area contributed by atoms with Gasteiger partial charge in [0.1, 0.15) is 5.75 Å². The van der Waals surface area contributed by atoms with Gasteiger partial charge < -0.3 is 4.74 Å². The van der Waals surface area contributed by atoms with Crippen LogP contribution in [0.2, 0.25) is 0 Å². The maximum absolute atomic E-state index is 14.9. The Balaban J connectivity index is 1.83. The van der Waals surface area contributed by atoms with E-state index < -0.39 is 68.3 Å². The van der Waals surface area contributed by atoms with Gasteiger partial charge in [0, 0.05) is 15.4 Å². The number of ether oxygens (including phenoxy) is 1. The second kappa shape index (κ2) is 11.0. The molecule has 0 spiro atoms. The predicted molar refractivity (Wildman–Crippen MR) is 128 cm³/mol.